The first-order valence-electron chi connectivity index (χ1n) is 11.8. The summed E-state index contributed by atoms with van der Waals surface area (Å²) in [5.74, 6) is -0.484. The van der Waals surface area contributed by atoms with Gasteiger partial charge in [0.2, 0.25) is 0 Å². The largest absolute Gasteiger partial charge is 0.496 e. The summed E-state index contributed by atoms with van der Waals surface area (Å²) in [6.07, 6.45) is 1.69. The summed E-state index contributed by atoms with van der Waals surface area (Å²) >= 11 is 7.38. The molecular weight excluding hydrogens is 527 g/mol. The fraction of sp³-hybridized carbons (Fsp3) is 0.138. The second kappa shape index (κ2) is 10.8. The number of carbonyl (C=O) groups is 1. The highest BCUT2D eigenvalue weighted by molar-refractivity contribution is 7.07. The Morgan fingerprint density at radius 2 is 1.87 bits per heavy atom. The van der Waals surface area contributed by atoms with Crippen LogP contribution >= 0.6 is 22.9 Å². The minimum Gasteiger partial charge on any atom is -0.496 e. The van der Waals surface area contributed by atoms with Gasteiger partial charge in [-0.25, -0.2) is 14.2 Å². The Morgan fingerprint density at radius 3 is 2.55 bits per heavy atom. The Hall–Kier alpha value is -4.01. The number of methoxy groups -OCH3 is 1. The van der Waals surface area contributed by atoms with Gasteiger partial charge in [0.15, 0.2) is 4.80 Å². The van der Waals surface area contributed by atoms with Crippen LogP contribution in [0, 0.1) is 5.82 Å². The minimum atomic E-state index is -0.885. The summed E-state index contributed by atoms with van der Waals surface area (Å²) in [6, 6.07) is 19.2. The fourth-order valence-corrected chi connectivity index (χ4v) is 5.53. The molecule has 38 heavy (non-hydrogen) atoms. The van der Waals surface area contributed by atoms with Gasteiger partial charge < -0.3 is 9.47 Å². The van der Waals surface area contributed by atoms with E-state index in [1.807, 2.05) is 30.3 Å². The molecule has 0 aliphatic carbocycles. The maximum atomic E-state index is 13.9. The van der Waals surface area contributed by atoms with Crippen molar-refractivity contribution >= 4 is 40.7 Å². The number of fused-ring (bicyclic) bond motifs is 1. The van der Waals surface area contributed by atoms with E-state index in [1.54, 1.807) is 43.3 Å². The van der Waals surface area contributed by atoms with Gasteiger partial charge in [0.1, 0.15) is 11.6 Å². The predicted octanol–water partition coefficient (Wildman–Crippen LogP) is 4.74. The Bertz CT molecular complexity index is 1730. The average molecular weight is 549 g/mol. The molecule has 0 bridgehead atoms. The first-order chi connectivity index (χ1) is 18.4. The van der Waals surface area contributed by atoms with Crippen LogP contribution in [0.1, 0.15) is 29.7 Å². The number of carbonyl (C=O) groups excluding carboxylic acids is 1. The van der Waals surface area contributed by atoms with Gasteiger partial charge in [-0.15, -0.1) is 0 Å². The number of hydrogen-bond donors (Lipinski definition) is 0. The van der Waals surface area contributed by atoms with Gasteiger partial charge >= 0.3 is 5.97 Å². The Kier molecular flexibility index (Phi) is 7.26. The first kappa shape index (κ1) is 25.6. The van der Waals surface area contributed by atoms with E-state index in [-0.39, 0.29) is 17.7 Å². The summed E-state index contributed by atoms with van der Waals surface area (Å²) in [5.41, 5.74) is 2.09. The molecule has 0 fully saturated rings. The van der Waals surface area contributed by atoms with Crippen molar-refractivity contribution < 1.29 is 18.7 Å². The molecule has 0 spiro atoms. The highest BCUT2D eigenvalue weighted by atomic mass is 35.5. The molecule has 1 atom stereocenters. The molecule has 0 amide bonds. The molecule has 1 aromatic heterocycles. The van der Waals surface area contributed by atoms with Crippen molar-refractivity contribution in [2.24, 2.45) is 4.99 Å². The highest BCUT2D eigenvalue weighted by Gasteiger charge is 2.35. The number of rotatable bonds is 6. The van der Waals surface area contributed by atoms with Crippen LogP contribution in [0.3, 0.4) is 0 Å². The van der Waals surface area contributed by atoms with Crippen LogP contribution in [-0.2, 0) is 9.53 Å². The summed E-state index contributed by atoms with van der Waals surface area (Å²) in [5, 5.41) is 0.491. The van der Waals surface area contributed by atoms with Crippen LogP contribution in [0.4, 0.5) is 4.39 Å². The van der Waals surface area contributed by atoms with Crippen LogP contribution in [0.15, 0.2) is 88.2 Å². The van der Waals surface area contributed by atoms with Gasteiger partial charge in [0.25, 0.3) is 5.56 Å². The van der Waals surface area contributed by atoms with Crippen LogP contribution < -0.4 is 19.6 Å². The number of hydrogen-bond acceptors (Lipinski definition) is 6. The van der Waals surface area contributed by atoms with Crippen molar-refractivity contribution in [3.05, 3.63) is 126 Å². The Morgan fingerprint density at radius 1 is 1.13 bits per heavy atom. The van der Waals surface area contributed by atoms with Gasteiger partial charge in [0.05, 0.1) is 35.6 Å². The molecule has 9 heteroatoms. The van der Waals surface area contributed by atoms with Crippen molar-refractivity contribution in [1.29, 1.82) is 0 Å². The average Bonchev–Trinajstić information content (AvgIpc) is 3.23. The predicted molar refractivity (Wildman–Crippen MR) is 145 cm³/mol. The monoisotopic (exact) mass is 548 g/mol. The van der Waals surface area contributed by atoms with Gasteiger partial charge in [0, 0.05) is 16.1 Å². The number of benzene rings is 3. The molecule has 192 valence electrons. The molecule has 0 radical (unpaired) electrons. The van der Waals surface area contributed by atoms with E-state index in [0.29, 0.717) is 42.5 Å². The zero-order valence-electron chi connectivity index (χ0n) is 20.5. The maximum Gasteiger partial charge on any atom is 0.338 e. The van der Waals surface area contributed by atoms with E-state index in [2.05, 4.69) is 0 Å². The molecule has 0 unspecified atom stereocenters. The summed E-state index contributed by atoms with van der Waals surface area (Å²) in [7, 11) is 1.54. The zero-order chi connectivity index (χ0) is 26.8. The summed E-state index contributed by atoms with van der Waals surface area (Å²) < 4.78 is 26.6. The Labute approximate surface area is 226 Å². The van der Waals surface area contributed by atoms with Gasteiger partial charge in [-0.1, -0.05) is 65.4 Å². The third kappa shape index (κ3) is 4.80. The third-order valence-corrected chi connectivity index (χ3v) is 7.26. The number of esters is 1. The van der Waals surface area contributed by atoms with E-state index in [1.165, 1.54) is 35.1 Å². The van der Waals surface area contributed by atoms with Crippen LogP contribution in [0.5, 0.6) is 5.75 Å². The highest BCUT2D eigenvalue weighted by Crippen LogP contribution is 2.35. The lowest BCUT2D eigenvalue weighted by Gasteiger charge is -2.25. The Balaban J connectivity index is 1.84. The van der Waals surface area contributed by atoms with E-state index < -0.39 is 17.8 Å². The summed E-state index contributed by atoms with van der Waals surface area (Å²) in [6.45, 7) is 1.85. The van der Waals surface area contributed by atoms with Crippen molar-refractivity contribution in [2.45, 2.75) is 13.0 Å². The van der Waals surface area contributed by atoms with E-state index >= 15 is 0 Å². The molecule has 2 heterocycles. The van der Waals surface area contributed by atoms with Crippen molar-refractivity contribution in [1.82, 2.24) is 4.57 Å². The molecule has 0 saturated carbocycles. The SMILES string of the molecule is CCOC(=O)C1=C(c2ccccc2)N=c2sc(=Cc3cc(Cl)ccc3OC)c(=O)n2[C@@H]1c1ccc(F)cc1. The number of halogens is 2. The number of aromatic nitrogens is 1. The minimum absolute atomic E-state index is 0.138. The summed E-state index contributed by atoms with van der Waals surface area (Å²) in [4.78, 5) is 32.5. The first-order valence-corrected chi connectivity index (χ1v) is 13.0. The number of thiazole rings is 1. The number of nitrogens with zero attached hydrogens (tertiary/aromatic N) is 2. The van der Waals surface area contributed by atoms with Crippen LogP contribution in [-0.4, -0.2) is 24.3 Å². The lowest BCUT2D eigenvalue weighted by atomic mass is 9.93. The van der Waals surface area contributed by atoms with Crippen molar-refractivity contribution in [3.63, 3.8) is 0 Å². The molecule has 1 aliphatic rings. The lowest BCUT2D eigenvalue weighted by Crippen LogP contribution is -2.40. The van der Waals surface area contributed by atoms with Crippen LogP contribution in [0.25, 0.3) is 11.8 Å². The third-order valence-electron chi connectivity index (χ3n) is 6.04. The van der Waals surface area contributed by atoms with Crippen molar-refractivity contribution in [2.75, 3.05) is 13.7 Å². The molecule has 5 rings (SSSR count). The molecule has 1 aliphatic heterocycles. The normalized spacial score (nSPS) is 15.2. The second-order valence-electron chi connectivity index (χ2n) is 8.37. The molecular formula is C29H22ClFN2O4S. The molecule has 6 nitrogen and oxygen atoms in total. The van der Waals surface area contributed by atoms with Crippen molar-refractivity contribution in [3.8, 4) is 5.75 Å². The van der Waals surface area contributed by atoms with Gasteiger partial charge in [-0.2, -0.15) is 0 Å². The molecule has 0 N–H and O–H groups in total. The topological polar surface area (TPSA) is 69.9 Å². The second-order valence-corrected chi connectivity index (χ2v) is 9.81. The van der Waals surface area contributed by atoms with E-state index in [9.17, 15) is 14.0 Å². The maximum absolute atomic E-state index is 13.9. The molecule has 4 aromatic rings. The fourth-order valence-electron chi connectivity index (χ4n) is 4.36. The number of ether oxygens (including phenoxy) is 2. The van der Waals surface area contributed by atoms with Crippen LogP contribution in [0.2, 0.25) is 5.02 Å². The standard InChI is InChI=1S/C29H22ClFN2O4S/c1-3-37-28(35)24-25(17-7-5-4-6-8-17)32-29-33(26(24)18-9-12-21(31)13-10-18)27(34)23(38-29)16-19-15-20(30)11-14-22(19)36-2/h4-16,26H,3H2,1-2H3/t26-/m1/s1. The van der Waals surface area contributed by atoms with E-state index in [4.69, 9.17) is 26.1 Å². The quantitative estimate of drug-likeness (QED) is 0.326. The van der Waals surface area contributed by atoms with Gasteiger partial charge in [-0.3, -0.25) is 9.36 Å². The zero-order valence-corrected chi connectivity index (χ0v) is 22.1. The van der Waals surface area contributed by atoms with Gasteiger partial charge in [-0.05, 0) is 48.9 Å². The molecule has 3 aromatic carbocycles. The molecule has 0 saturated heterocycles. The smallest absolute Gasteiger partial charge is 0.338 e. The lowest BCUT2D eigenvalue weighted by molar-refractivity contribution is -0.138. The van der Waals surface area contributed by atoms with E-state index in [0.717, 1.165) is 0 Å².